The molecule has 2 aromatic rings. The Morgan fingerprint density at radius 3 is 2.40 bits per heavy atom. The van der Waals surface area contributed by atoms with E-state index in [2.05, 4.69) is 9.97 Å². The summed E-state index contributed by atoms with van der Waals surface area (Å²) >= 11 is 0. The van der Waals surface area contributed by atoms with E-state index in [0.29, 0.717) is 34.1 Å². The molecule has 1 aromatic carbocycles. The maximum Gasteiger partial charge on any atom is 0.286 e. The first-order valence-corrected chi connectivity index (χ1v) is 6.17. The van der Waals surface area contributed by atoms with Crippen molar-refractivity contribution >= 4 is 16.9 Å². The van der Waals surface area contributed by atoms with Gasteiger partial charge < -0.3 is 24.1 Å². The number of rotatable bonds is 4. The van der Waals surface area contributed by atoms with E-state index < -0.39 is 0 Å². The van der Waals surface area contributed by atoms with Crippen LogP contribution in [0, 0.1) is 0 Å². The van der Waals surface area contributed by atoms with Gasteiger partial charge in [-0.25, -0.2) is 0 Å². The predicted octanol–water partition coefficient (Wildman–Crippen LogP) is 0.769. The number of fused-ring (bicyclic) bond motifs is 1. The van der Waals surface area contributed by atoms with Gasteiger partial charge in [0.25, 0.3) is 5.56 Å². The molecule has 0 amide bonds. The normalized spacial score (nSPS) is 13.4. The average Bonchev–Trinajstić information content (AvgIpc) is 3.29. The maximum absolute atomic E-state index is 12.2. The molecule has 106 valence electrons. The standard InChI is InChI=1S/C13H15N3O4/c1-18-8-6-7-9(11(20-3)10(8)19-2)12(17)15-13(14-7)16-4-5-16/h6H,4-5H2,1-3H3,(H,14,15,17). The van der Waals surface area contributed by atoms with Crippen LogP contribution in [0.5, 0.6) is 17.2 Å². The molecule has 0 aliphatic carbocycles. The topological polar surface area (TPSA) is 76.5 Å². The summed E-state index contributed by atoms with van der Waals surface area (Å²) in [7, 11) is 4.51. The zero-order valence-corrected chi connectivity index (χ0v) is 11.5. The molecule has 0 unspecified atom stereocenters. The summed E-state index contributed by atoms with van der Waals surface area (Å²) in [5.74, 6) is 1.77. The van der Waals surface area contributed by atoms with Crippen LogP contribution in [0.15, 0.2) is 10.9 Å². The summed E-state index contributed by atoms with van der Waals surface area (Å²) in [5.41, 5.74) is 0.264. The number of benzene rings is 1. The molecule has 2 heterocycles. The second-order valence-electron chi connectivity index (χ2n) is 4.42. The molecule has 1 aliphatic heterocycles. The number of aromatic nitrogens is 2. The van der Waals surface area contributed by atoms with Crippen LogP contribution < -0.4 is 24.7 Å². The van der Waals surface area contributed by atoms with Crippen LogP contribution >= 0.6 is 0 Å². The second-order valence-corrected chi connectivity index (χ2v) is 4.42. The van der Waals surface area contributed by atoms with Crippen LogP contribution in [0.2, 0.25) is 0 Å². The molecule has 20 heavy (non-hydrogen) atoms. The summed E-state index contributed by atoms with van der Waals surface area (Å²) < 4.78 is 15.9. The lowest BCUT2D eigenvalue weighted by Crippen LogP contribution is -2.13. The Morgan fingerprint density at radius 2 is 1.85 bits per heavy atom. The van der Waals surface area contributed by atoms with Crippen molar-refractivity contribution in [2.75, 3.05) is 39.3 Å². The highest BCUT2D eigenvalue weighted by molar-refractivity contribution is 5.90. The van der Waals surface area contributed by atoms with E-state index in [0.717, 1.165) is 13.1 Å². The van der Waals surface area contributed by atoms with Gasteiger partial charge in [-0.05, 0) is 0 Å². The van der Waals surface area contributed by atoms with Gasteiger partial charge in [0, 0.05) is 19.2 Å². The number of ether oxygens (including phenoxy) is 3. The highest BCUT2D eigenvalue weighted by atomic mass is 16.5. The lowest BCUT2D eigenvalue weighted by Gasteiger charge is -2.14. The lowest BCUT2D eigenvalue weighted by molar-refractivity contribution is 0.327. The highest BCUT2D eigenvalue weighted by Crippen LogP contribution is 2.41. The number of nitrogens with one attached hydrogen (secondary N) is 1. The fourth-order valence-corrected chi connectivity index (χ4v) is 2.18. The molecule has 0 bridgehead atoms. The zero-order chi connectivity index (χ0) is 14.3. The van der Waals surface area contributed by atoms with Crippen LogP contribution in [0.4, 0.5) is 5.95 Å². The summed E-state index contributed by atoms with van der Waals surface area (Å²) in [5, 5.41) is 0.357. The highest BCUT2D eigenvalue weighted by Gasteiger charge is 2.24. The Morgan fingerprint density at radius 1 is 1.15 bits per heavy atom. The van der Waals surface area contributed by atoms with E-state index in [-0.39, 0.29) is 5.56 Å². The van der Waals surface area contributed by atoms with E-state index in [1.165, 1.54) is 21.3 Å². The molecular weight excluding hydrogens is 262 g/mol. The molecule has 1 fully saturated rings. The van der Waals surface area contributed by atoms with Crippen LogP contribution in [0.3, 0.4) is 0 Å². The van der Waals surface area contributed by atoms with E-state index in [1.807, 2.05) is 4.90 Å². The number of H-pyrrole nitrogens is 1. The minimum absolute atomic E-state index is 0.327. The molecule has 0 radical (unpaired) electrons. The average molecular weight is 277 g/mol. The molecule has 1 aliphatic rings. The largest absolute Gasteiger partial charge is 0.493 e. The van der Waals surface area contributed by atoms with Crippen molar-refractivity contribution in [1.82, 2.24) is 9.97 Å². The number of methoxy groups -OCH3 is 3. The van der Waals surface area contributed by atoms with Gasteiger partial charge in [-0.3, -0.25) is 4.79 Å². The minimum atomic E-state index is -0.349. The fourth-order valence-electron chi connectivity index (χ4n) is 2.18. The van der Waals surface area contributed by atoms with Crippen molar-refractivity contribution in [2.45, 2.75) is 0 Å². The van der Waals surface area contributed by atoms with E-state index >= 15 is 0 Å². The summed E-state index contributed by atoms with van der Waals surface area (Å²) in [6.07, 6.45) is 0. The molecule has 0 saturated carbocycles. The van der Waals surface area contributed by atoms with Gasteiger partial charge in [-0.1, -0.05) is 0 Å². The molecule has 7 heteroatoms. The van der Waals surface area contributed by atoms with Gasteiger partial charge >= 0.3 is 0 Å². The molecule has 1 aromatic heterocycles. The number of aromatic amines is 1. The summed E-state index contributed by atoms with van der Waals surface area (Å²) in [6.45, 7) is 1.80. The fraction of sp³-hybridized carbons (Fsp3) is 0.385. The molecule has 0 spiro atoms. The Labute approximate surface area is 115 Å². The van der Waals surface area contributed by atoms with Crippen molar-refractivity contribution in [3.8, 4) is 17.2 Å². The Kier molecular flexibility index (Phi) is 2.89. The SMILES string of the molecule is COc1cc2[nH]c(N3CC3)nc(=O)c2c(OC)c1OC. The van der Waals surface area contributed by atoms with Crippen molar-refractivity contribution in [3.05, 3.63) is 16.4 Å². The summed E-state index contributed by atoms with van der Waals surface area (Å²) in [6, 6.07) is 1.72. The van der Waals surface area contributed by atoms with E-state index in [4.69, 9.17) is 14.2 Å². The van der Waals surface area contributed by atoms with Gasteiger partial charge in [0.05, 0.1) is 26.8 Å². The molecule has 3 rings (SSSR count). The third-order valence-electron chi connectivity index (χ3n) is 3.24. The second kappa shape index (κ2) is 4.59. The van der Waals surface area contributed by atoms with Gasteiger partial charge in [-0.2, -0.15) is 4.98 Å². The Hall–Kier alpha value is -2.44. The summed E-state index contributed by atoms with van der Waals surface area (Å²) in [4.78, 5) is 21.4. The molecule has 7 nitrogen and oxygen atoms in total. The first-order valence-electron chi connectivity index (χ1n) is 6.17. The van der Waals surface area contributed by atoms with Crippen molar-refractivity contribution < 1.29 is 14.2 Å². The van der Waals surface area contributed by atoms with Gasteiger partial charge in [0.2, 0.25) is 11.7 Å². The predicted molar refractivity (Wildman–Crippen MR) is 74.2 cm³/mol. The third-order valence-corrected chi connectivity index (χ3v) is 3.24. The monoisotopic (exact) mass is 277 g/mol. The van der Waals surface area contributed by atoms with Crippen molar-refractivity contribution in [2.24, 2.45) is 0 Å². The Balaban J connectivity index is 2.36. The van der Waals surface area contributed by atoms with E-state index in [9.17, 15) is 4.79 Å². The zero-order valence-electron chi connectivity index (χ0n) is 11.5. The number of hydrogen-bond acceptors (Lipinski definition) is 6. The van der Waals surface area contributed by atoms with Crippen LogP contribution in [0.1, 0.15) is 0 Å². The number of nitrogens with zero attached hydrogens (tertiary/aromatic N) is 2. The smallest absolute Gasteiger partial charge is 0.286 e. The molecular formula is C13H15N3O4. The minimum Gasteiger partial charge on any atom is -0.493 e. The van der Waals surface area contributed by atoms with Crippen LogP contribution in [0.25, 0.3) is 10.9 Å². The van der Waals surface area contributed by atoms with Gasteiger partial charge in [0.1, 0.15) is 5.39 Å². The number of hydrogen-bond donors (Lipinski definition) is 1. The van der Waals surface area contributed by atoms with Gasteiger partial charge in [0.15, 0.2) is 11.5 Å². The van der Waals surface area contributed by atoms with Crippen molar-refractivity contribution in [3.63, 3.8) is 0 Å². The molecule has 0 atom stereocenters. The van der Waals surface area contributed by atoms with Crippen LogP contribution in [-0.4, -0.2) is 44.4 Å². The third kappa shape index (κ3) is 1.82. The quantitative estimate of drug-likeness (QED) is 0.832. The first kappa shape index (κ1) is 12.6. The maximum atomic E-state index is 12.2. The molecule has 1 N–H and O–H groups in total. The van der Waals surface area contributed by atoms with Gasteiger partial charge in [-0.15, -0.1) is 0 Å². The van der Waals surface area contributed by atoms with Crippen LogP contribution in [-0.2, 0) is 0 Å². The van der Waals surface area contributed by atoms with E-state index in [1.54, 1.807) is 6.07 Å². The first-order chi connectivity index (χ1) is 9.69. The Bertz CT molecular complexity index is 722. The van der Waals surface area contributed by atoms with Crippen molar-refractivity contribution in [1.29, 1.82) is 0 Å². The number of anilines is 1. The lowest BCUT2D eigenvalue weighted by atomic mass is 10.2. The molecule has 1 saturated heterocycles.